The van der Waals surface area contributed by atoms with E-state index in [1.165, 1.54) is 56.9 Å². The van der Waals surface area contributed by atoms with E-state index in [4.69, 9.17) is 0 Å². The van der Waals surface area contributed by atoms with Gasteiger partial charge in [-0.3, -0.25) is 0 Å². The molecular formula is C14H27NO. The van der Waals surface area contributed by atoms with Crippen molar-refractivity contribution in [3.8, 4) is 0 Å². The molecule has 2 N–H and O–H groups in total. The Balaban J connectivity index is 1.86. The number of aliphatic hydroxyl groups excluding tert-OH is 1. The zero-order valence-electron chi connectivity index (χ0n) is 10.7. The number of hydrogen-bond acceptors (Lipinski definition) is 2. The SMILES string of the molecule is CCCCCCCCCCC1=C(O)CNC1. The molecule has 0 aliphatic carbocycles. The van der Waals surface area contributed by atoms with Gasteiger partial charge in [-0.1, -0.05) is 51.9 Å². The molecule has 0 radical (unpaired) electrons. The van der Waals surface area contributed by atoms with Gasteiger partial charge < -0.3 is 10.4 Å². The first-order chi connectivity index (χ1) is 7.84. The Labute approximate surface area is 100 Å². The Morgan fingerprint density at radius 1 is 0.938 bits per heavy atom. The molecule has 0 unspecified atom stereocenters. The lowest BCUT2D eigenvalue weighted by atomic mass is 10.0. The van der Waals surface area contributed by atoms with E-state index in [1.54, 1.807) is 0 Å². The summed E-state index contributed by atoms with van der Waals surface area (Å²) in [6, 6.07) is 0. The summed E-state index contributed by atoms with van der Waals surface area (Å²) >= 11 is 0. The monoisotopic (exact) mass is 225 g/mol. The molecule has 1 aliphatic heterocycles. The summed E-state index contributed by atoms with van der Waals surface area (Å²) in [5.41, 5.74) is 1.24. The summed E-state index contributed by atoms with van der Waals surface area (Å²) in [6.45, 7) is 3.85. The fraction of sp³-hybridized carbons (Fsp3) is 0.857. The molecule has 1 aliphatic rings. The van der Waals surface area contributed by atoms with Gasteiger partial charge >= 0.3 is 0 Å². The van der Waals surface area contributed by atoms with E-state index >= 15 is 0 Å². The highest BCUT2D eigenvalue weighted by atomic mass is 16.3. The van der Waals surface area contributed by atoms with Crippen LogP contribution in [0, 0.1) is 0 Å². The quantitative estimate of drug-likeness (QED) is 0.583. The summed E-state index contributed by atoms with van der Waals surface area (Å²) in [4.78, 5) is 0. The highest BCUT2D eigenvalue weighted by Crippen LogP contribution is 2.16. The van der Waals surface area contributed by atoms with Crippen molar-refractivity contribution in [2.24, 2.45) is 0 Å². The molecule has 0 saturated carbocycles. The third kappa shape index (κ3) is 5.55. The zero-order valence-corrected chi connectivity index (χ0v) is 10.7. The smallest absolute Gasteiger partial charge is 0.106 e. The van der Waals surface area contributed by atoms with Gasteiger partial charge in [0.15, 0.2) is 0 Å². The molecule has 0 saturated heterocycles. The van der Waals surface area contributed by atoms with Crippen LogP contribution in [0.25, 0.3) is 0 Å². The molecule has 2 heteroatoms. The molecule has 0 aromatic carbocycles. The zero-order chi connectivity index (χ0) is 11.6. The minimum atomic E-state index is 0.600. The van der Waals surface area contributed by atoms with Crippen LogP contribution in [0.2, 0.25) is 0 Å². The van der Waals surface area contributed by atoms with Crippen LogP contribution in [0.5, 0.6) is 0 Å². The van der Waals surface area contributed by atoms with Crippen molar-refractivity contribution in [2.75, 3.05) is 13.1 Å². The summed E-state index contributed by atoms with van der Waals surface area (Å²) in [6.07, 6.45) is 12.0. The Kier molecular flexibility index (Phi) is 7.32. The van der Waals surface area contributed by atoms with Gasteiger partial charge in [-0.15, -0.1) is 0 Å². The summed E-state index contributed by atoms with van der Waals surface area (Å²) in [7, 11) is 0. The van der Waals surface area contributed by atoms with E-state index < -0.39 is 0 Å². The third-order valence-corrected chi connectivity index (χ3v) is 3.37. The first-order valence-electron chi connectivity index (χ1n) is 6.95. The number of nitrogens with one attached hydrogen (secondary N) is 1. The largest absolute Gasteiger partial charge is 0.511 e. The van der Waals surface area contributed by atoms with Crippen LogP contribution >= 0.6 is 0 Å². The maximum absolute atomic E-state index is 9.51. The minimum absolute atomic E-state index is 0.600. The van der Waals surface area contributed by atoms with Crippen LogP contribution in [-0.2, 0) is 0 Å². The molecule has 0 fully saturated rings. The Bertz CT molecular complexity index is 211. The first kappa shape index (κ1) is 13.6. The van der Waals surface area contributed by atoms with Crippen molar-refractivity contribution in [1.82, 2.24) is 5.32 Å². The topological polar surface area (TPSA) is 32.3 Å². The lowest BCUT2D eigenvalue weighted by Crippen LogP contribution is -2.08. The first-order valence-corrected chi connectivity index (χ1v) is 6.95. The minimum Gasteiger partial charge on any atom is -0.511 e. The van der Waals surface area contributed by atoms with Gasteiger partial charge in [-0.2, -0.15) is 0 Å². The van der Waals surface area contributed by atoms with Crippen molar-refractivity contribution in [1.29, 1.82) is 0 Å². The second-order valence-electron chi connectivity index (χ2n) is 4.88. The molecule has 0 amide bonds. The summed E-state index contributed by atoms with van der Waals surface area (Å²) < 4.78 is 0. The van der Waals surface area contributed by atoms with Crippen molar-refractivity contribution >= 4 is 0 Å². The van der Waals surface area contributed by atoms with Gasteiger partial charge in [0.25, 0.3) is 0 Å². The average Bonchev–Trinajstić information content (AvgIpc) is 2.68. The van der Waals surface area contributed by atoms with Crippen LogP contribution in [0.3, 0.4) is 0 Å². The van der Waals surface area contributed by atoms with Crippen molar-refractivity contribution in [2.45, 2.75) is 64.7 Å². The van der Waals surface area contributed by atoms with Crippen LogP contribution in [0.1, 0.15) is 64.7 Å². The maximum atomic E-state index is 9.51. The highest BCUT2D eigenvalue weighted by Gasteiger charge is 2.11. The van der Waals surface area contributed by atoms with Gasteiger partial charge in [0.2, 0.25) is 0 Å². The van der Waals surface area contributed by atoms with E-state index in [9.17, 15) is 5.11 Å². The van der Waals surface area contributed by atoms with Crippen LogP contribution < -0.4 is 5.32 Å². The molecule has 94 valence electrons. The summed E-state index contributed by atoms with van der Waals surface area (Å²) in [5.74, 6) is 0.600. The number of rotatable bonds is 9. The number of hydrogen-bond donors (Lipinski definition) is 2. The Morgan fingerprint density at radius 3 is 2.12 bits per heavy atom. The van der Waals surface area contributed by atoms with Crippen LogP contribution in [0.4, 0.5) is 0 Å². The van der Waals surface area contributed by atoms with Crippen molar-refractivity contribution in [3.63, 3.8) is 0 Å². The van der Waals surface area contributed by atoms with Crippen molar-refractivity contribution in [3.05, 3.63) is 11.3 Å². The molecule has 0 aromatic heterocycles. The molecule has 0 atom stereocenters. The van der Waals surface area contributed by atoms with Crippen LogP contribution in [0.15, 0.2) is 11.3 Å². The fourth-order valence-electron chi connectivity index (χ4n) is 2.26. The van der Waals surface area contributed by atoms with Gasteiger partial charge in [0.1, 0.15) is 5.76 Å². The number of unbranched alkanes of at least 4 members (excludes halogenated alkanes) is 7. The number of aliphatic hydroxyl groups is 1. The molecule has 16 heavy (non-hydrogen) atoms. The Hall–Kier alpha value is -0.500. The molecule has 0 bridgehead atoms. The van der Waals surface area contributed by atoms with Crippen LogP contribution in [-0.4, -0.2) is 18.2 Å². The predicted molar refractivity (Wildman–Crippen MR) is 69.8 cm³/mol. The van der Waals surface area contributed by atoms with Gasteiger partial charge in [-0.05, 0) is 18.4 Å². The second-order valence-corrected chi connectivity index (χ2v) is 4.88. The van der Waals surface area contributed by atoms with E-state index in [1.807, 2.05) is 0 Å². The normalized spacial score (nSPS) is 16.1. The fourth-order valence-corrected chi connectivity index (χ4v) is 2.26. The molecular weight excluding hydrogens is 198 g/mol. The molecule has 0 spiro atoms. The lowest BCUT2D eigenvalue weighted by Gasteiger charge is -2.03. The molecule has 1 heterocycles. The Morgan fingerprint density at radius 2 is 1.56 bits per heavy atom. The van der Waals surface area contributed by atoms with E-state index in [-0.39, 0.29) is 0 Å². The highest BCUT2D eigenvalue weighted by molar-refractivity contribution is 5.15. The molecule has 0 aromatic rings. The average molecular weight is 225 g/mol. The predicted octanol–water partition coefficient (Wildman–Crippen LogP) is 3.93. The molecule has 1 rings (SSSR count). The van der Waals surface area contributed by atoms with Gasteiger partial charge in [0, 0.05) is 6.54 Å². The van der Waals surface area contributed by atoms with E-state index in [2.05, 4.69) is 12.2 Å². The standard InChI is InChI=1S/C14H27NO/c1-2-3-4-5-6-7-8-9-10-13-11-15-12-14(13)16/h15-16H,2-12H2,1H3. The molecule has 2 nitrogen and oxygen atoms in total. The summed E-state index contributed by atoms with van der Waals surface area (Å²) in [5, 5.41) is 12.7. The van der Waals surface area contributed by atoms with Gasteiger partial charge in [0.05, 0.1) is 6.54 Å². The second kappa shape index (κ2) is 8.63. The lowest BCUT2D eigenvalue weighted by molar-refractivity contribution is 0.398. The van der Waals surface area contributed by atoms with Crippen molar-refractivity contribution < 1.29 is 5.11 Å². The van der Waals surface area contributed by atoms with Gasteiger partial charge in [-0.25, -0.2) is 0 Å². The third-order valence-electron chi connectivity index (χ3n) is 3.37. The maximum Gasteiger partial charge on any atom is 0.106 e. The van der Waals surface area contributed by atoms with E-state index in [0.29, 0.717) is 12.3 Å². The van der Waals surface area contributed by atoms with E-state index in [0.717, 1.165) is 13.0 Å².